The highest BCUT2D eigenvalue weighted by Gasteiger charge is 2.13. The average Bonchev–Trinajstić information content (AvgIpc) is 2.86. The first-order valence-corrected chi connectivity index (χ1v) is 6.60. The van der Waals surface area contributed by atoms with Crippen LogP contribution in [0.1, 0.15) is 17.2 Å². The van der Waals surface area contributed by atoms with Gasteiger partial charge in [0, 0.05) is 6.42 Å². The summed E-state index contributed by atoms with van der Waals surface area (Å²) in [6.45, 7) is 0. The van der Waals surface area contributed by atoms with Gasteiger partial charge in [-0.25, -0.2) is 4.79 Å². The number of aromatic amines is 1. The molecule has 3 rings (SSSR count). The van der Waals surface area contributed by atoms with Gasteiger partial charge in [-0.15, -0.1) is 0 Å². The zero-order chi connectivity index (χ0) is 14.8. The summed E-state index contributed by atoms with van der Waals surface area (Å²) < 4.78 is 10.3. The highest BCUT2D eigenvalue weighted by atomic mass is 16.5. The van der Waals surface area contributed by atoms with Gasteiger partial charge >= 0.3 is 5.76 Å². The fourth-order valence-electron chi connectivity index (χ4n) is 2.37. The molecular formula is C16H15NO4. The van der Waals surface area contributed by atoms with Crippen LogP contribution >= 0.6 is 0 Å². The van der Waals surface area contributed by atoms with Crippen molar-refractivity contribution in [3.63, 3.8) is 0 Å². The predicted molar refractivity (Wildman–Crippen MR) is 78.5 cm³/mol. The van der Waals surface area contributed by atoms with E-state index in [1.807, 2.05) is 24.3 Å². The Hall–Kier alpha value is -2.53. The molecule has 0 radical (unpaired) electrons. The fourth-order valence-corrected chi connectivity index (χ4v) is 2.37. The van der Waals surface area contributed by atoms with Crippen LogP contribution in [-0.2, 0) is 6.42 Å². The number of H-pyrrole nitrogens is 1. The van der Waals surface area contributed by atoms with Crippen LogP contribution < -0.4 is 10.5 Å². The lowest BCUT2D eigenvalue weighted by atomic mass is 10.0. The summed E-state index contributed by atoms with van der Waals surface area (Å²) in [6.07, 6.45) is -0.282. The topological polar surface area (TPSA) is 75.5 Å². The third-order valence-electron chi connectivity index (χ3n) is 3.44. The average molecular weight is 285 g/mol. The molecule has 1 atom stereocenters. The third kappa shape index (κ3) is 2.68. The number of rotatable bonds is 4. The first kappa shape index (κ1) is 13.5. The molecule has 0 aliphatic heterocycles. The lowest BCUT2D eigenvalue weighted by Gasteiger charge is -2.13. The van der Waals surface area contributed by atoms with Crippen molar-refractivity contribution in [3.05, 3.63) is 64.1 Å². The van der Waals surface area contributed by atoms with Crippen molar-refractivity contribution >= 4 is 11.1 Å². The Balaban J connectivity index is 1.89. The van der Waals surface area contributed by atoms with Crippen LogP contribution in [0, 0.1) is 0 Å². The number of nitrogens with one attached hydrogen (secondary N) is 1. The lowest BCUT2D eigenvalue weighted by Crippen LogP contribution is -2.03. The zero-order valence-corrected chi connectivity index (χ0v) is 11.5. The number of hydrogen-bond donors (Lipinski definition) is 2. The third-order valence-corrected chi connectivity index (χ3v) is 3.44. The van der Waals surface area contributed by atoms with Gasteiger partial charge in [0.25, 0.3) is 0 Å². The van der Waals surface area contributed by atoms with Gasteiger partial charge in [-0.05, 0) is 29.3 Å². The Kier molecular flexibility index (Phi) is 3.50. The largest absolute Gasteiger partial charge is 0.496 e. The fraction of sp³-hybridized carbons (Fsp3) is 0.188. The van der Waals surface area contributed by atoms with Gasteiger partial charge in [0.2, 0.25) is 0 Å². The summed E-state index contributed by atoms with van der Waals surface area (Å²) in [6, 6.07) is 12.7. The number of aromatic nitrogens is 1. The Labute approximate surface area is 120 Å². The summed E-state index contributed by atoms with van der Waals surface area (Å²) in [4.78, 5) is 13.7. The van der Waals surface area contributed by atoms with E-state index in [9.17, 15) is 9.90 Å². The van der Waals surface area contributed by atoms with Gasteiger partial charge in [-0.1, -0.05) is 24.3 Å². The second-order valence-electron chi connectivity index (χ2n) is 4.80. The van der Waals surface area contributed by atoms with Crippen LogP contribution in [0.15, 0.2) is 51.7 Å². The number of benzene rings is 2. The van der Waals surface area contributed by atoms with Crippen molar-refractivity contribution in [2.45, 2.75) is 12.5 Å². The minimum Gasteiger partial charge on any atom is -0.496 e. The van der Waals surface area contributed by atoms with Crippen LogP contribution in [0.25, 0.3) is 11.1 Å². The van der Waals surface area contributed by atoms with Crippen LogP contribution in [-0.4, -0.2) is 17.2 Å². The van der Waals surface area contributed by atoms with Crippen LogP contribution in [0.2, 0.25) is 0 Å². The molecule has 5 nitrogen and oxygen atoms in total. The molecule has 2 N–H and O–H groups in total. The molecule has 0 amide bonds. The van der Waals surface area contributed by atoms with E-state index in [2.05, 4.69) is 4.98 Å². The molecule has 1 aromatic heterocycles. The number of para-hydroxylation sites is 1. The molecule has 2 aromatic carbocycles. The highest BCUT2D eigenvalue weighted by molar-refractivity contribution is 5.72. The van der Waals surface area contributed by atoms with E-state index in [1.165, 1.54) is 0 Å². The lowest BCUT2D eigenvalue weighted by molar-refractivity contribution is 0.177. The minimum atomic E-state index is -0.703. The summed E-state index contributed by atoms with van der Waals surface area (Å²) in [5, 5.41) is 10.4. The Morgan fingerprint density at radius 2 is 2.10 bits per heavy atom. The smallest absolute Gasteiger partial charge is 0.417 e. The van der Waals surface area contributed by atoms with Crippen LogP contribution in [0.5, 0.6) is 5.75 Å². The molecule has 0 fully saturated rings. The first-order valence-electron chi connectivity index (χ1n) is 6.60. The summed E-state index contributed by atoms with van der Waals surface area (Å²) in [7, 11) is 1.60. The number of hydrogen-bond acceptors (Lipinski definition) is 4. The Morgan fingerprint density at radius 3 is 2.90 bits per heavy atom. The van der Waals surface area contributed by atoms with Crippen molar-refractivity contribution in [3.8, 4) is 5.75 Å². The molecule has 0 bridgehead atoms. The molecule has 0 aliphatic rings. The number of methoxy groups -OCH3 is 1. The predicted octanol–water partition coefficient (Wildman–Crippen LogP) is 2.41. The molecule has 108 valence electrons. The second kappa shape index (κ2) is 5.46. The van der Waals surface area contributed by atoms with Crippen molar-refractivity contribution in [1.82, 2.24) is 4.98 Å². The van der Waals surface area contributed by atoms with Crippen molar-refractivity contribution in [1.29, 1.82) is 0 Å². The standard InChI is InChI=1S/C16H15NO4/c1-20-14-5-3-2-4-11(14)8-13(18)10-6-7-12-15(9-10)21-16(19)17-12/h2-7,9,13,18H,8H2,1H3,(H,17,19). The first-order chi connectivity index (χ1) is 10.2. The van der Waals surface area contributed by atoms with E-state index in [0.717, 1.165) is 11.3 Å². The maximum Gasteiger partial charge on any atom is 0.417 e. The molecule has 3 aromatic rings. The van der Waals surface area contributed by atoms with Crippen LogP contribution in [0.3, 0.4) is 0 Å². The van der Waals surface area contributed by atoms with Crippen molar-refractivity contribution in [2.75, 3.05) is 7.11 Å². The molecule has 0 saturated carbocycles. The van der Waals surface area contributed by atoms with E-state index in [0.29, 0.717) is 23.1 Å². The molecule has 1 heterocycles. The summed E-state index contributed by atoms with van der Waals surface area (Å²) >= 11 is 0. The molecule has 0 aliphatic carbocycles. The van der Waals surface area contributed by atoms with Gasteiger partial charge in [-0.3, -0.25) is 4.98 Å². The zero-order valence-electron chi connectivity index (χ0n) is 11.5. The Bertz CT molecular complexity index is 818. The van der Waals surface area contributed by atoms with Crippen molar-refractivity contribution < 1.29 is 14.3 Å². The number of aliphatic hydroxyl groups is 1. The van der Waals surface area contributed by atoms with Gasteiger partial charge in [0.15, 0.2) is 5.58 Å². The Morgan fingerprint density at radius 1 is 1.29 bits per heavy atom. The van der Waals surface area contributed by atoms with Crippen LogP contribution in [0.4, 0.5) is 0 Å². The maximum atomic E-state index is 11.1. The van der Waals surface area contributed by atoms with E-state index in [4.69, 9.17) is 9.15 Å². The number of fused-ring (bicyclic) bond motifs is 1. The van der Waals surface area contributed by atoms with Gasteiger partial charge < -0.3 is 14.3 Å². The molecule has 5 heteroatoms. The van der Waals surface area contributed by atoms with Gasteiger partial charge in [0.05, 0.1) is 18.7 Å². The quantitative estimate of drug-likeness (QED) is 0.772. The maximum absolute atomic E-state index is 11.1. The molecule has 1 unspecified atom stereocenters. The monoisotopic (exact) mass is 285 g/mol. The summed E-state index contributed by atoms with van der Waals surface area (Å²) in [5.41, 5.74) is 2.67. The molecule has 21 heavy (non-hydrogen) atoms. The van der Waals surface area contributed by atoms with E-state index >= 15 is 0 Å². The minimum absolute atomic E-state index is 0.421. The van der Waals surface area contributed by atoms with E-state index < -0.39 is 11.9 Å². The molecule has 0 saturated heterocycles. The number of ether oxygens (including phenoxy) is 1. The second-order valence-corrected chi connectivity index (χ2v) is 4.80. The number of aliphatic hydroxyl groups excluding tert-OH is 1. The normalized spacial score (nSPS) is 12.5. The molecular weight excluding hydrogens is 270 g/mol. The SMILES string of the molecule is COc1ccccc1CC(O)c1ccc2[nH]c(=O)oc2c1. The van der Waals surface area contributed by atoms with E-state index in [-0.39, 0.29) is 0 Å². The van der Waals surface area contributed by atoms with Gasteiger partial charge in [-0.2, -0.15) is 0 Å². The van der Waals surface area contributed by atoms with Gasteiger partial charge in [0.1, 0.15) is 5.75 Å². The highest BCUT2D eigenvalue weighted by Crippen LogP contribution is 2.26. The van der Waals surface area contributed by atoms with Crippen molar-refractivity contribution in [2.24, 2.45) is 0 Å². The summed E-state index contributed by atoms with van der Waals surface area (Å²) in [5.74, 6) is 0.243. The van der Waals surface area contributed by atoms with E-state index in [1.54, 1.807) is 25.3 Å². The molecule has 0 spiro atoms. The number of oxazole rings is 1.